The van der Waals surface area contributed by atoms with E-state index in [0.29, 0.717) is 18.0 Å². The molecule has 0 saturated carbocycles. The van der Waals surface area contributed by atoms with Gasteiger partial charge in [0.2, 0.25) is 10.1 Å². The highest BCUT2D eigenvalue weighted by Gasteiger charge is 2.22. The van der Waals surface area contributed by atoms with Crippen molar-refractivity contribution in [2.24, 2.45) is 10.3 Å². The van der Waals surface area contributed by atoms with E-state index in [1.807, 2.05) is 6.92 Å². The molecule has 32 heavy (non-hydrogen) atoms. The summed E-state index contributed by atoms with van der Waals surface area (Å²) >= 11 is 17.0. The first-order valence-corrected chi connectivity index (χ1v) is 12.6. The van der Waals surface area contributed by atoms with Gasteiger partial charge < -0.3 is 5.32 Å². The van der Waals surface area contributed by atoms with Crippen molar-refractivity contribution in [1.82, 2.24) is 29.2 Å². The Bertz CT molecular complexity index is 1530. The number of nitrogens with zero attached hydrogens (tertiary/aromatic N) is 6. The first-order valence-electron chi connectivity index (χ1n) is 8.38. The van der Waals surface area contributed by atoms with Crippen LogP contribution in [-0.2, 0) is 20.0 Å². The number of hydrogen-bond acceptors (Lipinski definition) is 9. The molecule has 4 aromatic heterocycles. The summed E-state index contributed by atoms with van der Waals surface area (Å²) < 4.78 is 47.2. The molecule has 5 N–H and O–H groups in total. The third kappa shape index (κ3) is 5.03. The normalized spacial score (nSPS) is 12.1. The molecule has 0 atom stereocenters. The fourth-order valence-corrected chi connectivity index (χ4v) is 4.93. The molecule has 4 rings (SSSR count). The van der Waals surface area contributed by atoms with Crippen LogP contribution in [0.2, 0.25) is 15.5 Å². The minimum absolute atomic E-state index is 0.112. The lowest BCUT2D eigenvalue weighted by molar-refractivity contribution is 0.588. The number of aromatic nitrogens is 6. The van der Waals surface area contributed by atoms with Crippen LogP contribution in [0, 0.1) is 0 Å². The predicted molar refractivity (Wildman–Crippen MR) is 118 cm³/mol. The van der Waals surface area contributed by atoms with Gasteiger partial charge in [0.05, 0.1) is 0 Å². The summed E-state index contributed by atoms with van der Waals surface area (Å²) in [6.45, 7) is 2.55. The maximum Gasteiger partial charge on any atom is 0.258 e. The molecular formula is C14H14Cl3N9O4S2. The summed E-state index contributed by atoms with van der Waals surface area (Å²) in [4.78, 5) is 7.63. The zero-order valence-corrected chi connectivity index (χ0v) is 19.8. The van der Waals surface area contributed by atoms with Crippen molar-refractivity contribution in [3.05, 3.63) is 39.7 Å². The van der Waals surface area contributed by atoms with E-state index in [1.165, 1.54) is 12.1 Å². The van der Waals surface area contributed by atoms with Gasteiger partial charge in [-0.1, -0.05) is 34.8 Å². The van der Waals surface area contributed by atoms with E-state index < -0.39 is 20.0 Å². The van der Waals surface area contributed by atoms with Gasteiger partial charge in [0, 0.05) is 6.54 Å². The van der Waals surface area contributed by atoms with Gasteiger partial charge in [-0.05, 0) is 31.2 Å². The highest BCUT2D eigenvalue weighted by atomic mass is 35.5. The second-order valence-corrected chi connectivity index (χ2v) is 10.0. The van der Waals surface area contributed by atoms with Gasteiger partial charge in [-0.15, -0.1) is 5.10 Å². The molecule has 18 heteroatoms. The smallest absolute Gasteiger partial charge is 0.258 e. The topological polar surface area (TPSA) is 193 Å². The maximum atomic E-state index is 11.4. The van der Waals surface area contributed by atoms with Crippen molar-refractivity contribution >= 4 is 72.0 Å². The quantitative estimate of drug-likeness (QED) is 0.339. The van der Waals surface area contributed by atoms with E-state index in [4.69, 9.17) is 45.1 Å². The van der Waals surface area contributed by atoms with Crippen LogP contribution in [0.5, 0.6) is 0 Å². The number of sulfonamides is 2. The summed E-state index contributed by atoms with van der Waals surface area (Å²) in [6, 6.07) is 6.23. The van der Waals surface area contributed by atoms with Crippen LogP contribution < -0.4 is 15.6 Å². The molecule has 172 valence electrons. The Hall–Kier alpha value is -2.27. The molecule has 0 aliphatic rings. The van der Waals surface area contributed by atoms with Gasteiger partial charge in [0.1, 0.15) is 11.0 Å². The summed E-state index contributed by atoms with van der Waals surface area (Å²) in [5.74, 6) is 0.513. The van der Waals surface area contributed by atoms with Crippen LogP contribution >= 0.6 is 34.8 Å². The van der Waals surface area contributed by atoms with Gasteiger partial charge in [-0.3, -0.25) is 0 Å². The Labute approximate surface area is 196 Å². The van der Waals surface area contributed by atoms with Crippen molar-refractivity contribution < 1.29 is 16.8 Å². The lowest BCUT2D eigenvalue weighted by Crippen LogP contribution is -2.16. The minimum atomic E-state index is -3.99. The van der Waals surface area contributed by atoms with Gasteiger partial charge >= 0.3 is 0 Å². The standard InChI is InChI=1S/C8H10ClN5O2S.C6H4Cl2N4O2S/c1-2-11-5-3-4-6-12-7(9)8(14(6)13-5)17(10,15)16;7-3-1-2-4-10-5(8)6(12(4)11-3)15(9,13)14/h3-4H,2H2,1H3,(H,11,13)(H2,10,15,16);1-2H,(H2,9,13,14). The van der Waals surface area contributed by atoms with Crippen molar-refractivity contribution in [2.45, 2.75) is 17.0 Å². The second kappa shape index (κ2) is 8.93. The van der Waals surface area contributed by atoms with Gasteiger partial charge in [-0.25, -0.2) is 37.1 Å². The number of rotatable bonds is 4. The fraction of sp³-hybridized carbons (Fsp3) is 0.143. The van der Waals surface area contributed by atoms with Gasteiger partial charge in [-0.2, -0.15) is 14.1 Å². The number of nitrogens with one attached hydrogen (secondary N) is 1. The van der Waals surface area contributed by atoms with Crippen LogP contribution in [-0.4, -0.2) is 52.6 Å². The van der Waals surface area contributed by atoms with Crippen LogP contribution in [0.3, 0.4) is 0 Å². The Balaban J connectivity index is 0.000000182. The van der Waals surface area contributed by atoms with Crippen LogP contribution in [0.15, 0.2) is 34.3 Å². The number of hydrogen-bond donors (Lipinski definition) is 3. The Morgan fingerprint density at radius 3 is 1.78 bits per heavy atom. The lowest BCUT2D eigenvalue weighted by Gasteiger charge is -2.03. The molecule has 4 aromatic rings. The largest absolute Gasteiger partial charge is 0.369 e. The van der Waals surface area contributed by atoms with Crippen LogP contribution in [0.25, 0.3) is 11.3 Å². The maximum absolute atomic E-state index is 11.4. The number of primary sulfonamides is 2. The zero-order chi connectivity index (χ0) is 23.8. The Kier molecular flexibility index (Phi) is 6.80. The van der Waals surface area contributed by atoms with Crippen molar-refractivity contribution in [3.8, 4) is 0 Å². The SMILES string of the molecule is CCNc1ccc2nc(Cl)c(S(N)(=O)=O)n2n1.NS(=O)(=O)c1c(Cl)nc2ccc(Cl)nn12. The van der Waals surface area contributed by atoms with E-state index in [2.05, 4.69) is 25.5 Å². The molecule has 0 bridgehead atoms. The third-order valence-electron chi connectivity index (χ3n) is 3.66. The van der Waals surface area contributed by atoms with Gasteiger partial charge in [0.25, 0.3) is 20.0 Å². The molecule has 0 aromatic carbocycles. The van der Waals surface area contributed by atoms with E-state index in [0.717, 1.165) is 9.03 Å². The molecule has 0 aliphatic carbocycles. The molecule has 0 unspecified atom stereocenters. The minimum Gasteiger partial charge on any atom is -0.369 e. The summed E-state index contributed by atoms with van der Waals surface area (Å²) in [5.41, 5.74) is 0.578. The van der Waals surface area contributed by atoms with Gasteiger partial charge in [0.15, 0.2) is 21.6 Å². The lowest BCUT2D eigenvalue weighted by atomic mass is 10.5. The predicted octanol–water partition coefficient (Wildman–Crippen LogP) is 1.15. The van der Waals surface area contributed by atoms with E-state index in [9.17, 15) is 16.8 Å². The highest BCUT2D eigenvalue weighted by molar-refractivity contribution is 7.89. The van der Waals surface area contributed by atoms with Crippen molar-refractivity contribution in [2.75, 3.05) is 11.9 Å². The second-order valence-electron chi connectivity index (χ2n) is 5.95. The van der Waals surface area contributed by atoms with E-state index >= 15 is 0 Å². The molecular weight excluding hydrogens is 529 g/mol. The molecule has 13 nitrogen and oxygen atoms in total. The van der Waals surface area contributed by atoms with E-state index in [-0.39, 0.29) is 31.2 Å². The Morgan fingerprint density at radius 1 is 0.844 bits per heavy atom. The number of fused-ring (bicyclic) bond motifs is 2. The summed E-state index contributed by atoms with van der Waals surface area (Å²) in [7, 11) is -7.96. The van der Waals surface area contributed by atoms with Crippen LogP contribution in [0.4, 0.5) is 5.82 Å². The number of halogens is 3. The zero-order valence-electron chi connectivity index (χ0n) is 15.9. The summed E-state index contributed by atoms with van der Waals surface area (Å²) in [5, 5.41) is 19.8. The number of anilines is 1. The average Bonchev–Trinajstić information content (AvgIpc) is 3.16. The first kappa shape index (κ1) is 24.4. The fourth-order valence-electron chi connectivity index (χ4n) is 2.50. The first-order chi connectivity index (χ1) is 14.8. The highest BCUT2D eigenvalue weighted by Crippen LogP contribution is 2.22. The molecule has 0 spiro atoms. The van der Waals surface area contributed by atoms with Crippen LogP contribution in [0.1, 0.15) is 6.92 Å². The van der Waals surface area contributed by atoms with Crippen molar-refractivity contribution in [3.63, 3.8) is 0 Å². The number of imidazole rings is 2. The molecule has 4 heterocycles. The molecule has 0 aliphatic heterocycles. The molecule has 0 saturated heterocycles. The monoisotopic (exact) mass is 541 g/mol. The molecule has 0 fully saturated rings. The summed E-state index contributed by atoms with van der Waals surface area (Å²) in [6.07, 6.45) is 0. The van der Waals surface area contributed by atoms with Crippen molar-refractivity contribution in [1.29, 1.82) is 0 Å². The number of nitrogens with two attached hydrogens (primary N) is 2. The Morgan fingerprint density at radius 2 is 1.31 bits per heavy atom. The average molecular weight is 543 g/mol. The molecule has 0 radical (unpaired) electrons. The molecule has 0 amide bonds. The van der Waals surface area contributed by atoms with E-state index in [1.54, 1.807) is 12.1 Å². The third-order valence-corrected chi connectivity index (χ3v) is 6.42.